The summed E-state index contributed by atoms with van der Waals surface area (Å²) >= 11 is 2.87. The summed E-state index contributed by atoms with van der Waals surface area (Å²) in [6, 6.07) is 7.84. The van der Waals surface area contributed by atoms with Gasteiger partial charge in [0.2, 0.25) is 5.91 Å². The highest BCUT2D eigenvalue weighted by Crippen LogP contribution is 2.32. The van der Waals surface area contributed by atoms with E-state index in [4.69, 9.17) is 5.11 Å². The van der Waals surface area contributed by atoms with Crippen molar-refractivity contribution < 1.29 is 19.8 Å². The Morgan fingerprint density at radius 2 is 2.10 bits per heavy atom. The van der Waals surface area contributed by atoms with Crippen molar-refractivity contribution in [2.45, 2.75) is 68.4 Å². The predicted molar refractivity (Wildman–Crippen MR) is 120 cm³/mol. The molecule has 2 heterocycles. The Balaban J connectivity index is 1.56. The van der Waals surface area contributed by atoms with Crippen LogP contribution in [-0.2, 0) is 4.79 Å². The molecule has 1 aliphatic rings. The quantitative estimate of drug-likeness (QED) is 0.366. The third-order valence-corrected chi connectivity index (χ3v) is 7.40. The van der Waals surface area contributed by atoms with Gasteiger partial charge in [-0.2, -0.15) is 0 Å². The maximum atomic E-state index is 12.5. The third kappa shape index (κ3) is 5.83. The lowest BCUT2D eigenvalue weighted by molar-refractivity contribution is -0.117. The number of hydrogen-bond donors (Lipinski definition) is 2. The molecular formula is C22H28N2O4S2. The Bertz CT molecular complexity index is 853. The molecule has 6 nitrogen and oxygen atoms in total. The van der Waals surface area contributed by atoms with E-state index in [1.807, 2.05) is 29.2 Å². The topological polar surface area (TPSA) is 90.7 Å². The van der Waals surface area contributed by atoms with Crippen LogP contribution in [0.2, 0.25) is 0 Å². The van der Waals surface area contributed by atoms with Crippen LogP contribution in [0.3, 0.4) is 0 Å². The Kier molecular flexibility index (Phi) is 8.30. The fourth-order valence-corrected chi connectivity index (χ4v) is 5.60. The molecule has 0 radical (unpaired) electrons. The van der Waals surface area contributed by atoms with Gasteiger partial charge in [-0.1, -0.05) is 50.1 Å². The maximum Gasteiger partial charge on any atom is 0.355 e. The van der Waals surface area contributed by atoms with E-state index in [1.165, 1.54) is 23.1 Å². The van der Waals surface area contributed by atoms with Gasteiger partial charge in [-0.15, -0.1) is 11.3 Å². The number of rotatable bonds is 11. The zero-order chi connectivity index (χ0) is 21.5. The molecule has 162 valence electrons. The Morgan fingerprint density at radius 1 is 1.33 bits per heavy atom. The molecule has 2 atom stereocenters. The van der Waals surface area contributed by atoms with E-state index >= 15 is 0 Å². The van der Waals surface area contributed by atoms with Gasteiger partial charge in [-0.3, -0.25) is 4.79 Å². The van der Waals surface area contributed by atoms with Crippen molar-refractivity contribution in [3.8, 4) is 0 Å². The van der Waals surface area contributed by atoms with Crippen LogP contribution in [-0.4, -0.2) is 38.9 Å². The minimum atomic E-state index is -1.01. The number of unbranched alkanes of at least 4 members (excludes halogenated alkanes) is 2. The molecule has 1 fully saturated rings. The first-order chi connectivity index (χ1) is 14.5. The number of carboxylic acid groups (broad SMARTS) is 1. The molecule has 1 aromatic carbocycles. The number of thioether (sulfide) groups is 1. The van der Waals surface area contributed by atoms with Gasteiger partial charge in [0, 0.05) is 29.3 Å². The number of amides is 1. The lowest BCUT2D eigenvalue weighted by Crippen LogP contribution is -2.33. The zero-order valence-corrected chi connectivity index (χ0v) is 18.8. The first-order valence-corrected chi connectivity index (χ1v) is 12.3. The number of aromatic carboxylic acids is 1. The lowest BCUT2D eigenvalue weighted by Gasteiger charge is -2.25. The highest BCUT2D eigenvalue weighted by atomic mass is 32.2. The van der Waals surface area contributed by atoms with Crippen molar-refractivity contribution in [1.82, 2.24) is 4.98 Å². The molecule has 1 amide bonds. The number of carboxylic acids is 1. The van der Waals surface area contributed by atoms with Crippen LogP contribution in [0.5, 0.6) is 0 Å². The molecule has 3 rings (SSSR count). The normalized spacial score (nSPS) is 17.5. The fourth-order valence-electron chi connectivity index (χ4n) is 3.69. The predicted octanol–water partition coefficient (Wildman–Crippen LogP) is 5.13. The number of aromatic nitrogens is 1. The summed E-state index contributed by atoms with van der Waals surface area (Å²) in [6.07, 6.45) is 5.74. The zero-order valence-electron chi connectivity index (χ0n) is 17.1. The third-order valence-electron chi connectivity index (χ3n) is 5.34. The highest BCUT2D eigenvalue weighted by Gasteiger charge is 2.31. The maximum absolute atomic E-state index is 12.5. The monoisotopic (exact) mass is 448 g/mol. The molecule has 2 aromatic rings. The van der Waals surface area contributed by atoms with Crippen molar-refractivity contribution in [3.05, 3.63) is 40.9 Å². The van der Waals surface area contributed by atoms with Gasteiger partial charge in [-0.25, -0.2) is 9.78 Å². The van der Waals surface area contributed by atoms with E-state index in [0.29, 0.717) is 6.42 Å². The van der Waals surface area contributed by atoms with E-state index in [9.17, 15) is 14.7 Å². The van der Waals surface area contributed by atoms with Gasteiger partial charge in [0.15, 0.2) is 10.0 Å². The molecule has 2 unspecified atom stereocenters. The summed E-state index contributed by atoms with van der Waals surface area (Å²) in [7, 11) is 0. The van der Waals surface area contributed by atoms with Crippen LogP contribution >= 0.6 is 23.1 Å². The van der Waals surface area contributed by atoms with Gasteiger partial charge in [0.25, 0.3) is 0 Å². The molecule has 0 bridgehead atoms. The average molecular weight is 449 g/mol. The van der Waals surface area contributed by atoms with Crippen LogP contribution in [0.4, 0.5) is 5.69 Å². The number of benzene rings is 1. The van der Waals surface area contributed by atoms with E-state index in [0.717, 1.165) is 59.9 Å². The second kappa shape index (κ2) is 10.9. The number of carbonyl (C=O) groups is 2. The smallest absolute Gasteiger partial charge is 0.355 e. The summed E-state index contributed by atoms with van der Waals surface area (Å²) in [4.78, 5) is 29.4. The van der Waals surface area contributed by atoms with Crippen molar-refractivity contribution in [3.63, 3.8) is 0 Å². The van der Waals surface area contributed by atoms with Crippen LogP contribution in [0, 0.1) is 0 Å². The van der Waals surface area contributed by atoms with Gasteiger partial charge in [0.05, 0.1) is 6.10 Å². The minimum absolute atomic E-state index is 0.0807. The number of thiazole rings is 1. The number of aliphatic hydroxyl groups is 1. The van der Waals surface area contributed by atoms with Gasteiger partial charge in [0.1, 0.15) is 0 Å². The molecule has 0 saturated carbocycles. The lowest BCUT2D eigenvalue weighted by atomic mass is 10.0. The van der Waals surface area contributed by atoms with Crippen LogP contribution in [0.1, 0.15) is 74.0 Å². The van der Waals surface area contributed by atoms with Crippen LogP contribution in [0.25, 0.3) is 0 Å². The second-order valence-electron chi connectivity index (χ2n) is 7.50. The van der Waals surface area contributed by atoms with Gasteiger partial charge in [-0.05, 0) is 37.0 Å². The molecule has 0 aliphatic carbocycles. The average Bonchev–Trinajstić information content (AvgIpc) is 3.35. The molecular weight excluding hydrogens is 420 g/mol. The standard InChI is InChI=1S/C22H28N2O4S2/c1-2-3-4-5-19(25)15-6-8-16(9-7-15)24-17(10-11-20(24)26)12-13-29-22-23-18(14-30-22)21(27)28/h6-9,14,17,19,25H,2-5,10-13H2,1H3,(H,27,28). The Labute approximate surface area is 185 Å². The fraction of sp³-hybridized carbons (Fsp3) is 0.500. The minimum Gasteiger partial charge on any atom is -0.476 e. The first kappa shape index (κ1) is 22.8. The summed E-state index contributed by atoms with van der Waals surface area (Å²) in [5.74, 6) is -0.108. The van der Waals surface area contributed by atoms with E-state index in [1.54, 1.807) is 5.38 Å². The number of hydrogen-bond acceptors (Lipinski definition) is 6. The van der Waals surface area contributed by atoms with Crippen molar-refractivity contribution in [2.24, 2.45) is 0 Å². The Morgan fingerprint density at radius 3 is 2.77 bits per heavy atom. The van der Waals surface area contributed by atoms with Crippen molar-refractivity contribution in [2.75, 3.05) is 10.7 Å². The summed E-state index contributed by atoms with van der Waals surface area (Å²) in [5.41, 5.74) is 1.85. The number of nitrogens with zero attached hydrogens (tertiary/aromatic N) is 2. The number of anilines is 1. The number of aliphatic hydroxyl groups excluding tert-OH is 1. The van der Waals surface area contributed by atoms with Crippen LogP contribution in [0.15, 0.2) is 34.0 Å². The molecule has 30 heavy (non-hydrogen) atoms. The largest absolute Gasteiger partial charge is 0.476 e. The van der Waals surface area contributed by atoms with E-state index < -0.39 is 12.1 Å². The van der Waals surface area contributed by atoms with Gasteiger partial charge >= 0.3 is 5.97 Å². The highest BCUT2D eigenvalue weighted by molar-refractivity contribution is 8.01. The molecule has 1 saturated heterocycles. The molecule has 0 spiro atoms. The molecule has 1 aliphatic heterocycles. The van der Waals surface area contributed by atoms with Crippen LogP contribution < -0.4 is 4.90 Å². The second-order valence-corrected chi connectivity index (χ2v) is 9.70. The molecule has 8 heteroatoms. The Hall–Kier alpha value is -1.90. The van der Waals surface area contributed by atoms with Gasteiger partial charge < -0.3 is 15.1 Å². The van der Waals surface area contributed by atoms with Crippen molar-refractivity contribution in [1.29, 1.82) is 0 Å². The SMILES string of the molecule is CCCCCC(O)c1ccc(N2C(=O)CCC2CCSc2nc(C(=O)O)cs2)cc1. The molecule has 2 N–H and O–H groups in total. The van der Waals surface area contributed by atoms with E-state index in [2.05, 4.69) is 11.9 Å². The first-order valence-electron chi connectivity index (χ1n) is 10.4. The molecule has 1 aromatic heterocycles. The summed E-state index contributed by atoms with van der Waals surface area (Å²) in [5, 5.41) is 20.9. The summed E-state index contributed by atoms with van der Waals surface area (Å²) < 4.78 is 0.740. The van der Waals surface area contributed by atoms with E-state index in [-0.39, 0.29) is 17.6 Å². The number of carbonyl (C=O) groups excluding carboxylic acids is 1. The van der Waals surface area contributed by atoms with Crippen molar-refractivity contribution >= 4 is 40.7 Å². The summed E-state index contributed by atoms with van der Waals surface area (Å²) in [6.45, 7) is 2.15.